The van der Waals surface area contributed by atoms with Gasteiger partial charge in [-0.3, -0.25) is 4.79 Å². The van der Waals surface area contributed by atoms with Crippen LogP contribution in [0.1, 0.15) is 21.7 Å². The minimum atomic E-state index is -0.0210. The number of fused-ring (bicyclic) bond motifs is 2. The second-order valence-corrected chi connectivity index (χ2v) is 7.23. The maximum atomic E-state index is 13.1. The van der Waals surface area contributed by atoms with E-state index in [4.69, 9.17) is 16.3 Å². The standard InChI is InChI=1S/C19H16ClNO2S/c1-23-13-8-9-15-12(11-13)5-4-10-21(15)19(22)18-17(20)14-6-2-3-7-16(14)24-18/h2-3,6-9,11H,4-5,10H2,1H3. The molecular weight excluding hydrogens is 342 g/mol. The smallest absolute Gasteiger partial charge is 0.269 e. The number of anilines is 1. The average molecular weight is 358 g/mol. The highest BCUT2D eigenvalue weighted by molar-refractivity contribution is 7.21. The van der Waals surface area contributed by atoms with Crippen LogP contribution >= 0.6 is 22.9 Å². The molecular formula is C19H16ClNO2S. The van der Waals surface area contributed by atoms with E-state index in [0.717, 1.165) is 39.9 Å². The Balaban J connectivity index is 1.76. The third-order valence-corrected chi connectivity index (χ3v) is 6.04. The lowest BCUT2D eigenvalue weighted by atomic mass is 10.0. The summed E-state index contributed by atoms with van der Waals surface area (Å²) in [6, 6.07) is 13.7. The zero-order valence-electron chi connectivity index (χ0n) is 13.2. The van der Waals surface area contributed by atoms with Gasteiger partial charge in [-0.25, -0.2) is 0 Å². The Morgan fingerprint density at radius 1 is 1.25 bits per heavy atom. The molecule has 2 heterocycles. The average Bonchev–Trinajstić information content (AvgIpc) is 2.97. The summed E-state index contributed by atoms with van der Waals surface area (Å²) in [5, 5.41) is 1.50. The molecule has 1 aromatic heterocycles. The number of ether oxygens (including phenoxy) is 1. The van der Waals surface area contributed by atoms with Crippen LogP contribution in [0.15, 0.2) is 42.5 Å². The maximum absolute atomic E-state index is 13.1. The molecule has 0 fully saturated rings. The number of halogens is 1. The van der Waals surface area contributed by atoms with E-state index in [1.54, 1.807) is 7.11 Å². The fourth-order valence-electron chi connectivity index (χ4n) is 3.19. The van der Waals surface area contributed by atoms with Gasteiger partial charge in [-0.15, -0.1) is 11.3 Å². The molecule has 0 aliphatic carbocycles. The van der Waals surface area contributed by atoms with E-state index < -0.39 is 0 Å². The third-order valence-electron chi connectivity index (χ3n) is 4.38. The van der Waals surface area contributed by atoms with Gasteiger partial charge in [-0.2, -0.15) is 0 Å². The Labute approximate surface area is 149 Å². The number of nitrogens with zero attached hydrogens (tertiary/aromatic N) is 1. The number of carbonyl (C=O) groups is 1. The molecule has 1 aliphatic rings. The van der Waals surface area contributed by atoms with Crippen molar-refractivity contribution in [1.82, 2.24) is 0 Å². The molecule has 0 unspecified atom stereocenters. The predicted octanol–water partition coefficient (Wildman–Crippen LogP) is 5.16. The third kappa shape index (κ3) is 2.46. The number of hydrogen-bond donors (Lipinski definition) is 0. The summed E-state index contributed by atoms with van der Waals surface area (Å²) in [5.74, 6) is 0.801. The first kappa shape index (κ1) is 15.5. The van der Waals surface area contributed by atoms with Gasteiger partial charge in [-0.1, -0.05) is 29.8 Å². The molecule has 0 atom stereocenters. The van der Waals surface area contributed by atoms with E-state index in [-0.39, 0.29) is 5.91 Å². The van der Waals surface area contributed by atoms with Crippen LogP contribution in [0.3, 0.4) is 0 Å². The zero-order valence-corrected chi connectivity index (χ0v) is 14.8. The number of hydrogen-bond acceptors (Lipinski definition) is 3. The van der Waals surface area contributed by atoms with Crippen molar-refractivity contribution in [2.75, 3.05) is 18.6 Å². The first-order valence-electron chi connectivity index (χ1n) is 7.85. The summed E-state index contributed by atoms with van der Waals surface area (Å²) in [6.07, 6.45) is 1.89. The normalized spacial score (nSPS) is 13.8. The Hall–Kier alpha value is -2.04. The molecule has 0 saturated carbocycles. The summed E-state index contributed by atoms with van der Waals surface area (Å²) in [5.41, 5.74) is 2.10. The molecule has 3 nitrogen and oxygen atoms in total. The quantitative estimate of drug-likeness (QED) is 0.634. The second kappa shape index (κ2) is 6.11. The van der Waals surface area contributed by atoms with Gasteiger partial charge < -0.3 is 9.64 Å². The summed E-state index contributed by atoms with van der Waals surface area (Å²) >= 11 is 7.95. The van der Waals surface area contributed by atoms with Crippen LogP contribution in [0.5, 0.6) is 5.75 Å². The van der Waals surface area contributed by atoms with Gasteiger partial charge in [0, 0.05) is 22.3 Å². The molecule has 4 rings (SSSR count). The van der Waals surface area contributed by atoms with Gasteiger partial charge in [0.1, 0.15) is 10.6 Å². The SMILES string of the molecule is COc1ccc2c(c1)CCCN2C(=O)c1sc2ccccc2c1Cl. The lowest BCUT2D eigenvalue weighted by Gasteiger charge is -2.29. The van der Waals surface area contributed by atoms with E-state index in [2.05, 4.69) is 0 Å². The van der Waals surface area contributed by atoms with Gasteiger partial charge in [0.15, 0.2) is 0 Å². The monoisotopic (exact) mass is 357 g/mol. The summed E-state index contributed by atoms with van der Waals surface area (Å²) in [7, 11) is 1.66. The van der Waals surface area contributed by atoms with Crippen LogP contribution < -0.4 is 9.64 Å². The van der Waals surface area contributed by atoms with E-state index in [1.165, 1.54) is 11.3 Å². The van der Waals surface area contributed by atoms with Crippen molar-refractivity contribution in [3.05, 3.63) is 57.9 Å². The van der Waals surface area contributed by atoms with E-state index in [9.17, 15) is 4.79 Å². The fourth-order valence-corrected chi connectivity index (χ4v) is 4.65. The second-order valence-electron chi connectivity index (χ2n) is 5.80. The Kier molecular flexibility index (Phi) is 3.94. The topological polar surface area (TPSA) is 29.5 Å². The lowest BCUT2D eigenvalue weighted by molar-refractivity contribution is 0.0989. The minimum Gasteiger partial charge on any atom is -0.497 e. The molecule has 122 valence electrons. The van der Waals surface area contributed by atoms with Crippen molar-refractivity contribution >= 4 is 44.6 Å². The molecule has 5 heteroatoms. The van der Waals surface area contributed by atoms with Crippen molar-refractivity contribution in [2.45, 2.75) is 12.8 Å². The highest BCUT2D eigenvalue weighted by atomic mass is 35.5. The van der Waals surface area contributed by atoms with Crippen LogP contribution in [-0.4, -0.2) is 19.6 Å². The number of amides is 1. The van der Waals surface area contributed by atoms with E-state index in [0.29, 0.717) is 16.4 Å². The number of benzene rings is 2. The first-order chi connectivity index (χ1) is 11.7. The number of thiophene rings is 1. The molecule has 0 saturated heterocycles. The maximum Gasteiger partial charge on any atom is 0.269 e. The Bertz CT molecular complexity index is 934. The largest absolute Gasteiger partial charge is 0.497 e. The van der Waals surface area contributed by atoms with E-state index >= 15 is 0 Å². The van der Waals surface area contributed by atoms with Gasteiger partial charge in [0.25, 0.3) is 5.91 Å². The van der Waals surface area contributed by atoms with Crippen LogP contribution in [0.4, 0.5) is 5.69 Å². The van der Waals surface area contributed by atoms with Crippen molar-refractivity contribution in [2.24, 2.45) is 0 Å². The Morgan fingerprint density at radius 3 is 2.88 bits per heavy atom. The molecule has 0 N–H and O–H groups in total. The van der Waals surface area contributed by atoms with Crippen LogP contribution in [0, 0.1) is 0 Å². The highest BCUT2D eigenvalue weighted by Crippen LogP contribution is 2.38. The van der Waals surface area contributed by atoms with Crippen LogP contribution in [0.2, 0.25) is 5.02 Å². The molecule has 3 aromatic rings. The van der Waals surface area contributed by atoms with Crippen molar-refractivity contribution in [3.63, 3.8) is 0 Å². The molecule has 0 bridgehead atoms. The number of aryl methyl sites for hydroxylation is 1. The van der Waals surface area contributed by atoms with Crippen LogP contribution in [0.25, 0.3) is 10.1 Å². The van der Waals surface area contributed by atoms with Gasteiger partial charge in [-0.05, 0) is 42.7 Å². The van der Waals surface area contributed by atoms with Crippen molar-refractivity contribution in [1.29, 1.82) is 0 Å². The molecule has 1 aliphatic heterocycles. The molecule has 0 spiro atoms. The summed E-state index contributed by atoms with van der Waals surface area (Å²) < 4.78 is 6.34. The van der Waals surface area contributed by atoms with Crippen molar-refractivity contribution in [3.8, 4) is 5.75 Å². The van der Waals surface area contributed by atoms with E-state index in [1.807, 2.05) is 47.4 Å². The first-order valence-corrected chi connectivity index (χ1v) is 9.04. The van der Waals surface area contributed by atoms with Gasteiger partial charge in [0.2, 0.25) is 0 Å². The fraction of sp³-hybridized carbons (Fsp3) is 0.211. The number of carbonyl (C=O) groups excluding carboxylic acids is 1. The summed E-state index contributed by atoms with van der Waals surface area (Å²) in [6.45, 7) is 0.711. The van der Waals surface area contributed by atoms with Crippen LogP contribution in [-0.2, 0) is 6.42 Å². The summed E-state index contributed by atoms with van der Waals surface area (Å²) in [4.78, 5) is 15.6. The van der Waals surface area contributed by atoms with Crippen molar-refractivity contribution < 1.29 is 9.53 Å². The number of rotatable bonds is 2. The molecule has 24 heavy (non-hydrogen) atoms. The minimum absolute atomic E-state index is 0.0210. The lowest BCUT2D eigenvalue weighted by Crippen LogP contribution is -2.35. The predicted molar refractivity (Wildman–Crippen MR) is 99.8 cm³/mol. The molecule has 1 amide bonds. The molecule has 0 radical (unpaired) electrons. The van der Waals surface area contributed by atoms with Gasteiger partial charge in [0.05, 0.1) is 12.1 Å². The van der Waals surface area contributed by atoms with Gasteiger partial charge >= 0.3 is 0 Å². The Morgan fingerprint density at radius 2 is 2.08 bits per heavy atom. The zero-order chi connectivity index (χ0) is 16.7. The highest BCUT2D eigenvalue weighted by Gasteiger charge is 2.27. The number of methoxy groups -OCH3 is 1. The molecule has 2 aromatic carbocycles.